The van der Waals surface area contributed by atoms with Gasteiger partial charge < -0.3 is 5.73 Å². The standard InChI is InChI=1S/C12H7Cl2N3S/c13-9-2-1-8(4-10(9)14)18-12-11(16)3-7(5-15)6-17-12/h1-4,6H,16H2. The molecule has 18 heavy (non-hydrogen) atoms. The first-order valence-electron chi connectivity index (χ1n) is 4.88. The molecule has 2 rings (SSSR count). The van der Waals surface area contributed by atoms with Crippen LogP contribution in [-0.4, -0.2) is 4.98 Å². The Labute approximate surface area is 119 Å². The molecule has 0 aliphatic heterocycles. The van der Waals surface area contributed by atoms with Crippen LogP contribution in [0.3, 0.4) is 0 Å². The van der Waals surface area contributed by atoms with Crippen LogP contribution in [0, 0.1) is 11.3 Å². The number of nitrogens with two attached hydrogens (primary N) is 1. The predicted octanol–water partition coefficient (Wildman–Crippen LogP) is 3.99. The smallest absolute Gasteiger partial charge is 0.124 e. The molecule has 0 aliphatic rings. The number of nitriles is 1. The number of halogens is 2. The zero-order valence-corrected chi connectivity index (χ0v) is 11.4. The van der Waals surface area contributed by atoms with E-state index in [4.69, 9.17) is 34.2 Å². The van der Waals surface area contributed by atoms with Crippen LogP contribution in [0.15, 0.2) is 40.4 Å². The molecule has 0 radical (unpaired) electrons. The van der Waals surface area contributed by atoms with Crippen molar-refractivity contribution in [1.29, 1.82) is 5.26 Å². The summed E-state index contributed by atoms with van der Waals surface area (Å²) in [4.78, 5) is 5.02. The molecule has 0 amide bonds. The lowest BCUT2D eigenvalue weighted by atomic mass is 10.3. The average Bonchev–Trinajstić information content (AvgIpc) is 2.36. The summed E-state index contributed by atoms with van der Waals surface area (Å²) in [6.07, 6.45) is 1.48. The first-order chi connectivity index (χ1) is 8.60. The predicted molar refractivity (Wildman–Crippen MR) is 73.9 cm³/mol. The molecule has 0 unspecified atom stereocenters. The molecule has 0 aliphatic carbocycles. The highest BCUT2D eigenvalue weighted by molar-refractivity contribution is 7.99. The number of nitrogens with zero attached hydrogens (tertiary/aromatic N) is 2. The van der Waals surface area contributed by atoms with Gasteiger partial charge in [-0.25, -0.2) is 4.98 Å². The van der Waals surface area contributed by atoms with Gasteiger partial charge in [-0.3, -0.25) is 0 Å². The summed E-state index contributed by atoms with van der Waals surface area (Å²) in [5.41, 5.74) is 6.72. The Kier molecular flexibility index (Phi) is 3.97. The highest BCUT2D eigenvalue weighted by Gasteiger charge is 2.06. The Balaban J connectivity index is 2.29. The topological polar surface area (TPSA) is 62.7 Å². The van der Waals surface area contributed by atoms with E-state index in [1.54, 1.807) is 18.2 Å². The first-order valence-corrected chi connectivity index (χ1v) is 6.46. The van der Waals surface area contributed by atoms with Gasteiger partial charge in [0.1, 0.15) is 11.1 Å². The maximum Gasteiger partial charge on any atom is 0.124 e. The van der Waals surface area contributed by atoms with Gasteiger partial charge in [-0.15, -0.1) is 0 Å². The summed E-state index contributed by atoms with van der Waals surface area (Å²) < 4.78 is 0. The fraction of sp³-hybridized carbons (Fsp3) is 0. The van der Waals surface area contributed by atoms with E-state index in [9.17, 15) is 0 Å². The van der Waals surface area contributed by atoms with Gasteiger partial charge in [-0.2, -0.15) is 5.26 Å². The van der Waals surface area contributed by atoms with Gasteiger partial charge in [-0.1, -0.05) is 35.0 Å². The van der Waals surface area contributed by atoms with Crippen LogP contribution < -0.4 is 5.73 Å². The molecule has 0 fully saturated rings. The number of anilines is 1. The van der Waals surface area contributed by atoms with Crippen molar-refractivity contribution in [3.05, 3.63) is 46.1 Å². The van der Waals surface area contributed by atoms with E-state index in [0.29, 0.717) is 26.3 Å². The molecule has 2 aromatic rings. The van der Waals surface area contributed by atoms with Gasteiger partial charge in [0.05, 0.1) is 21.3 Å². The number of rotatable bonds is 2. The lowest BCUT2D eigenvalue weighted by molar-refractivity contribution is 1.13. The summed E-state index contributed by atoms with van der Waals surface area (Å²) in [5.74, 6) is 0. The summed E-state index contributed by atoms with van der Waals surface area (Å²) in [6, 6.07) is 8.87. The molecule has 1 aromatic heterocycles. The summed E-state index contributed by atoms with van der Waals surface area (Å²) in [5, 5.41) is 10.3. The maximum atomic E-state index is 8.73. The maximum absolute atomic E-state index is 8.73. The number of hydrogen-bond donors (Lipinski definition) is 1. The fourth-order valence-corrected chi connectivity index (χ4v) is 2.45. The molecule has 0 saturated carbocycles. The minimum absolute atomic E-state index is 0.436. The van der Waals surface area contributed by atoms with Gasteiger partial charge in [0.15, 0.2) is 0 Å². The van der Waals surface area contributed by atoms with Crippen LogP contribution in [0.1, 0.15) is 5.56 Å². The van der Waals surface area contributed by atoms with Crippen molar-refractivity contribution in [2.45, 2.75) is 9.92 Å². The van der Waals surface area contributed by atoms with Crippen molar-refractivity contribution >= 4 is 40.7 Å². The second-order valence-corrected chi connectivity index (χ2v) is 5.28. The summed E-state index contributed by atoms with van der Waals surface area (Å²) in [6.45, 7) is 0. The molecule has 0 bridgehead atoms. The molecular formula is C12H7Cl2N3S. The van der Waals surface area contributed by atoms with Crippen LogP contribution in [0.4, 0.5) is 5.69 Å². The SMILES string of the molecule is N#Cc1cnc(Sc2ccc(Cl)c(Cl)c2)c(N)c1. The van der Waals surface area contributed by atoms with E-state index in [2.05, 4.69) is 4.98 Å². The van der Waals surface area contributed by atoms with Gasteiger partial charge in [0, 0.05) is 11.1 Å². The van der Waals surface area contributed by atoms with E-state index < -0.39 is 0 Å². The molecule has 2 N–H and O–H groups in total. The third-order valence-corrected chi connectivity index (χ3v) is 3.88. The minimum atomic E-state index is 0.436. The number of aromatic nitrogens is 1. The molecular weight excluding hydrogens is 289 g/mol. The van der Waals surface area contributed by atoms with Crippen molar-refractivity contribution < 1.29 is 0 Å². The third-order valence-electron chi connectivity index (χ3n) is 2.11. The highest BCUT2D eigenvalue weighted by atomic mass is 35.5. The van der Waals surface area contributed by atoms with Crippen LogP contribution >= 0.6 is 35.0 Å². The Hall–Kier alpha value is -1.41. The van der Waals surface area contributed by atoms with E-state index in [-0.39, 0.29) is 0 Å². The molecule has 3 nitrogen and oxygen atoms in total. The zero-order valence-electron chi connectivity index (χ0n) is 9.02. The van der Waals surface area contributed by atoms with Crippen molar-refractivity contribution in [1.82, 2.24) is 4.98 Å². The first kappa shape index (κ1) is 13.0. The van der Waals surface area contributed by atoms with Gasteiger partial charge in [-0.05, 0) is 24.3 Å². The van der Waals surface area contributed by atoms with Crippen LogP contribution in [0.25, 0.3) is 0 Å². The molecule has 0 saturated heterocycles. The lowest BCUT2D eigenvalue weighted by Gasteiger charge is -2.05. The number of benzene rings is 1. The Morgan fingerprint density at radius 3 is 2.61 bits per heavy atom. The monoisotopic (exact) mass is 295 g/mol. The molecule has 1 aromatic carbocycles. The molecule has 1 heterocycles. The van der Waals surface area contributed by atoms with Crippen molar-refractivity contribution in [3.8, 4) is 6.07 Å². The molecule has 0 atom stereocenters. The Morgan fingerprint density at radius 2 is 2.00 bits per heavy atom. The van der Waals surface area contributed by atoms with Gasteiger partial charge in [0.25, 0.3) is 0 Å². The second kappa shape index (κ2) is 5.49. The van der Waals surface area contributed by atoms with Crippen molar-refractivity contribution in [2.75, 3.05) is 5.73 Å². The van der Waals surface area contributed by atoms with Crippen LogP contribution in [0.5, 0.6) is 0 Å². The number of hydrogen-bond acceptors (Lipinski definition) is 4. The van der Waals surface area contributed by atoms with E-state index >= 15 is 0 Å². The van der Waals surface area contributed by atoms with E-state index in [1.165, 1.54) is 18.0 Å². The third kappa shape index (κ3) is 2.88. The Morgan fingerprint density at radius 1 is 1.22 bits per heavy atom. The second-order valence-electron chi connectivity index (χ2n) is 3.41. The van der Waals surface area contributed by atoms with E-state index in [0.717, 1.165) is 4.90 Å². The lowest BCUT2D eigenvalue weighted by Crippen LogP contribution is -1.93. The van der Waals surface area contributed by atoms with Crippen molar-refractivity contribution in [2.24, 2.45) is 0 Å². The van der Waals surface area contributed by atoms with E-state index in [1.807, 2.05) is 12.1 Å². The average molecular weight is 296 g/mol. The summed E-state index contributed by atoms with van der Waals surface area (Å²) in [7, 11) is 0. The number of nitrogen functional groups attached to an aromatic ring is 1. The molecule has 90 valence electrons. The highest BCUT2D eigenvalue weighted by Crippen LogP contribution is 2.34. The van der Waals surface area contributed by atoms with Crippen LogP contribution in [-0.2, 0) is 0 Å². The largest absolute Gasteiger partial charge is 0.396 e. The van der Waals surface area contributed by atoms with Crippen LogP contribution in [0.2, 0.25) is 10.0 Å². The number of pyridine rings is 1. The minimum Gasteiger partial charge on any atom is -0.396 e. The normalized spacial score (nSPS) is 10.1. The van der Waals surface area contributed by atoms with Crippen molar-refractivity contribution in [3.63, 3.8) is 0 Å². The quantitative estimate of drug-likeness (QED) is 0.910. The zero-order chi connectivity index (χ0) is 13.1. The summed E-state index contributed by atoms with van der Waals surface area (Å²) >= 11 is 13.1. The fourth-order valence-electron chi connectivity index (χ4n) is 1.27. The Bertz CT molecular complexity index is 638. The molecule has 6 heteroatoms. The molecule has 0 spiro atoms. The van der Waals surface area contributed by atoms with Gasteiger partial charge >= 0.3 is 0 Å². The van der Waals surface area contributed by atoms with Gasteiger partial charge in [0.2, 0.25) is 0 Å².